The molecule has 0 saturated carbocycles. The van der Waals surface area contributed by atoms with Crippen LogP contribution in [0.2, 0.25) is 0 Å². The van der Waals surface area contributed by atoms with Crippen molar-refractivity contribution >= 4 is 23.8 Å². The number of amides is 1. The highest BCUT2D eigenvalue weighted by molar-refractivity contribution is 5.78. The molecule has 1 aliphatic rings. The summed E-state index contributed by atoms with van der Waals surface area (Å²) in [5.74, 6) is -3.13. The number of nitrogens with one attached hydrogen (secondary N) is 1. The zero-order valence-electron chi connectivity index (χ0n) is 23.2. The van der Waals surface area contributed by atoms with Crippen molar-refractivity contribution in [3.8, 4) is 0 Å². The van der Waals surface area contributed by atoms with Crippen LogP contribution in [0.15, 0.2) is 0 Å². The monoisotopic (exact) mass is 545 g/mol. The summed E-state index contributed by atoms with van der Waals surface area (Å²) in [7, 11) is 0. The normalized spacial score (nSPS) is 17.9. The lowest BCUT2D eigenvalue weighted by Crippen LogP contribution is -2.50. The first-order chi connectivity index (χ1) is 17.9. The molecular weight excluding hydrogens is 498 g/mol. The molecule has 1 heterocycles. The second kappa shape index (κ2) is 18.1. The van der Waals surface area contributed by atoms with Crippen molar-refractivity contribution < 1.29 is 39.2 Å². The van der Waals surface area contributed by atoms with Gasteiger partial charge in [-0.1, -0.05) is 13.3 Å². The summed E-state index contributed by atoms with van der Waals surface area (Å²) in [5.41, 5.74) is -0.348. The molecule has 4 N–H and O–H groups in total. The molecule has 0 aromatic rings. The lowest BCUT2D eigenvalue weighted by molar-refractivity contribution is -0.140. The Morgan fingerprint density at radius 1 is 0.711 bits per heavy atom. The molecule has 1 aliphatic heterocycles. The summed E-state index contributed by atoms with van der Waals surface area (Å²) in [6.07, 6.45) is 2.70. The van der Waals surface area contributed by atoms with Crippen molar-refractivity contribution in [3.05, 3.63) is 0 Å². The van der Waals surface area contributed by atoms with Gasteiger partial charge in [-0.05, 0) is 26.7 Å². The summed E-state index contributed by atoms with van der Waals surface area (Å²) in [4.78, 5) is 53.8. The van der Waals surface area contributed by atoms with Crippen molar-refractivity contribution in [3.63, 3.8) is 0 Å². The second-order valence-electron chi connectivity index (χ2n) is 10.3. The number of ether oxygens (including phenoxy) is 1. The molecule has 1 saturated heterocycles. The van der Waals surface area contributed by atoms with Gasteiger partial charge in [0.2, 0.25) is 5.91 Å². The van der Waals surface area contributed by atoms with Crippen LogP contribution in [0, 0.1) is 0 Å². The Labute approximate surface area is 225 Å². The van der Waals surface area contributed by atoms with Gasteiger partial charge >= 0.3 is 17.9 Å². The Morgan fingerprint density at radius 2 is 1.08 bits per heavy atom. The quantitative estimate of drug-likeness (QED) is 0.197. The first-order valence-corrected chi connectivity index (χ1v) is 13.4. The van der Waals surface area contributed by atoms with Gasteiger partial charge in [0.15, 0.2) is 0 Å². The fourth-order valence-electron chi connectivity index (χ4n) is 4.11. The number of carboxylic acid groups (broad SMARTS) is 3. The van der Waals surface area contributed by atoms with E-state index in [-0.39, 0.29) is 37.7 Å². The van der Waals surface area contributed by atoms with Crippen molar-refractivity contribution in [2.75, 3.05) is 91.7 Å². The molecule has 0 aromatic heterocycles. The molecule has 0 bridgehead atoms. The molecule has 38 heavy (non-hydrogen) atoms. The minimum Gasteiger partial charge on any atom is -0.480 e. The number of unbranched alkanes of at least 4 members (excludes halogenated alkanes) is 1. The topological polar surface area (TPSA) is 163 Å². The minimum absolute atomic E-state index is 0.101. The van der Waals surface area contributed by atoms with Crippen LogP contribution < -0.4 is 5.32 Å². The van der Waals surface area contributed by atoms with E-state index in [1.807, 2.05) is 18.7 Å². The van der Waals surface area contributed by atoms with Gasteiger partial charge in [-0.3, -0.25) is 38.8 Å². The van der Waals surface area contributed by atoms with Crippen LogP contribution in [-0.2, 0) is 23.9 Å². The maximum absolute atomic E-state index is 12.7. The van der Waals surface area contributed by atoms with E-state index in [1.165, 1.54) is 0 Å². The molecule has 1 fully saturated rings. The number of hydrogen-bond acceptors (Lipinski definition) is 9. The predicted octanol–water partition coefficient (Wildman–Crippen LogP) is -0.437. The second-order valence-corrected chi connectivity index (χ2v) is 10.3. The third-order valence-corrected chi connectivity index (χ3v) is 6.41. The van der Waals surface area contributed by atoms with Crippen molar-refractivity contribution in [2.45, 2.75) is 45.6 Å². The molecule has 0 spiro atoms. The van der Waals surface area contributed by atoms with E-state index in [0.29, 0.717) is 71.9 Å². The van der Waals surface area contributed by atoms with E-state index in [1.54, 1.807) is 14.7 Å². The molecule has 1 rings (SSSR count). The Kier molecular flexibility index (Phi) is 16.0. The van der Waals surface area contributed by atoms with Gasteiger partial charge in [-0.2, -0.15) is 0 Å². The summed E-state index contributed by atoms with van der Waals surface area (Å²) >= 11 is 0. The summed E-state index contributed by atoms with van der Waals surface area (Å²) < 4.78 is 5.89. The number of carbonyl (C=O) groups is 4. The lowest BCUT2D eigenvalue weighted by Gasteiger charge is -2.33. The van der Waals surface area contributed by atoms with E-state index in [0.717, 1.165) is 12.8 Å². The minimum atomic E-state index is -1.00. The maximum atomic E-state index is 12.7. The van der Waals surface area contributed by atoms with Crippen molar-refractivity contribution in [1.82, 2.24) is 24.9 Å². The highest BCUT2D eigenvalue weighted by Gasteiger charge is 2.22. The van der Waals surface area contributed by atoms with Gasteiger partial charge in [-0.25, -0.2) is 0 Å². The molecule has 0 aliphatic carbocycles. The number of carbonyl (C=O) groups excluding carboxylic acids is 1. The first kappa shape index (κ1) is 33.7. The van der Waals surface area contributed by atoms with Crippen LogP contribution in [0.1, 0.15) is 40.0 Å². The Balaban J connectivity index is 2.81. The number of hydrogen-bond donors (Lipinski definition) is 4. The average molecular weight is 546 g/mol. The number of carboxylic acids is 3. The maximum Gasteiger partial charge on any atom is 0.317 e. The highest BCUT2D eigenvalue weighted by Crippen LogP contribution is 2.14. The lowest BCUT2D eigenvalue weighted by atomic mass is 10.1. The SMILES string of the molecule is CCCCOC(C)(C)CCNC(=O)CN1CCN(CC(=O)O)CCN(CC(=O)O)CCN(CC(=O)O)CC1. The third kappa shape index (κ3) is 16.5. The fraction of sp³-hybridized carbons (Fsp3) is 0.840. The van der Waals surface area contributed by atoms with Crippen LogP contribution >= 0.6 is 0 Å². The summed E-state index contributed by atoms with van der Waals surface area (Å²) in [6.45, 7) is 9.63. The zero-order chi connectivity index (χ0) is 28.6. The van der Waals surface area contributed by atoms with Gasteiger partial charge < -0.3 is 25.4 Å². The average Bonchev–Trinajstić information content (AvgIpc) is 2.79. The molecule has 13 nitrogen and oxygen atoms in total. The molecule has 0 radical (unpaired) electrons. The number of aliphatic carboxylic acids is 3. The molecule has 0 unspecified atom stereocenters. The molecule has 0 aromatic carbocycles. The number of rotatable bonds is 15. The van der Waals surface area contributed by atoms with Gasteiger partial charge in [0.05, 0.1) is 31.8 Å². The molecule has 0 atom stereocenters. The van der Waals surface area contributed by atoms with Gasteiger partial charge in [-0.15, -0.1) is 0 Å². The predicted molar refractivity (Wildman–Crippen MR) is 141 cm³/mol. The molecule has 13 heteroatoms. The van der Waals surface area contributed by atoms with Crippen LogP contribution in [0.3, 0.4) is 0 Å². The zero-order valence-corrected chi connectivity index (χ0v) is 23.2. The van der Waals surface area contributed by atoms with E-state index >= 15 is 0 Å². The van der Waals surface area contributed by atoms with Crippen molar-refractivity contribution in [1.29, 1.82) is 0 Å². The van der Waals surface area contributed by atoms with Crippen LogP contribution in [0.4, 0.5) is 0 Å². The Hall–Kier alpha value is -2.32. The van der Waals surface area contributed by atoms with E-state index in [2.05, 4.69) is 12.2 Å². The number of nitrogens with zero attached hydrogens (tertiary/aromatic N) is 4. The largest absolute Gasteiger partial charge is 0.480 e. The molecule has 1 amide bonds. The van der Waals surface area contributed by atoms with E-state index in [4.69, 9.17) is 4.74 Å². The van der Waals surface area contributed by atoms with Gasteiger partial charge in [0.1, 0.15) is 0 Å². The standard InChI is InChI=1S/C25H47N5O8/c1-4-5-16-38-25(2,3)6-7-26-21(31)17-27-8-10-28(18-22(32)33)12-14-30(20-24(36)37)15-13-29(11-9-27)19-23(34)35/h4-20H2,1-3H3,(H,26,31)(H,32,33)(H,34,35)(H,36,37). The van der Waals surface area contributed by atoms with Crippen molar-refractivity contribution in [2.24, 2.45) is 0 Å². The Bertz CT molecular complexity index is 719. The Morgan fingerprint density at radius 3 is 1.42 bits per heavy atom. The van der Waals surface area contributed by atoms with Gasteiger partial charge in [0.25, 0.3) is 0 Å². The summed E-state index contributed by atoms with van der Waals surface area (Å²) in [5, 5.41) is 30.8. The van der Waals surface area contributed by atoms with Crippen LogP contribution in [0.5, 0.6) is 0 Å². The van der Waals surface area contributed by atoms with Crippen LogP contribution in [0.25, 0.3) is 0 Å². The van der Waals surface area contributed by atoms with Crippen LogP contribution in [-0.4, -0.2) is 156 Å². The highest BCUT2D eigenvalue weighted by atomic mass is 16.5. The fourth-order valence-corrected chi connectivity index (χ4v) is 4.11. The van der Waals surface area contributed by atoms with E-state index < -0.39 is 17.9 Å². The summed E-state index contributed by atoms with van der Waals surface area (Å²) in [6, 6.07) is 0. The van der Waals surface area contributed by atoms with Gasteiger partial charge in [0, 0.05) is 65.5 Å². The first-order valence-electron chi connectivity index (χ1n) is 13.4. The third-order valence-electron chi connectivity index (χ3n) is 6.41. The smallest absolute Gasteiger partial charge is 0.317 e. The van der Waals surface area contributed by atoms with E-state index in [9.17, 15) is 34.5 Å². The molecular formula is C25H47N5O8. The molecule has 220 valence electrons.